The third-order valence-corrected chi connectivity index (χ3v) is 3.11. The van der Waals surface area contributed by atoms with Crippen molar-refractivity contribution in [3.63, 3.8) is 0 Å². The number of anilines is 1. The first-order valence-electron chi connectivity index (χ1n) is 6.87. The van der Waals surface area contributed by atoms with E-state index < -0.39 is 12.6 Å². The molecule has 114 valence electrons. The fraction of sp³-hybridized carbons (Fsp3) is 0.429. The van der Waals surface area contributed by atoms with Gasteiger partial charge in [-0.2, -0.15) is 0 Å². The zero-order chi connectivity index (χ0) is 15.1. The van der Waals surface area contributed by atoms with E-state index in [4.69, 9.17) is 9.84 Å². The van der Waals surface area contributed by atoms with Crippen LogP contribution in [-0.4, -0.2) is 54.8 Å². The highest BCUT2D eigenvalue weighted by Crippen LogP contribution is 2.24. The number of carbonyl (C=O) groups is 2. The molecule has 0 atom stereocenters. The third kappa shape index (κ3) is 4.64. The minimum absolute atomic E-state index is 0.204. The molecule has 7 nitrogen and oxygen atoms in total. The Morgan fingerprint density at radius 2 is 2.10 bits per heavy atom. The summed E-state index contributed by atoms with van der Waals surface area (Å²) in [4.78, 5) is 24.5. The van der Waals surface area contributed by atoms with E-state index in [2.05, 4.69) is 10.6 Å². The fourth-order valence-corrected chi connectivity index (χ4v) is 2.08. The SMILES string of the molecule is O=C(O)COc1ccccc1NC(=O)N1CCCNCC1. The predicted octanol–water partition coefficient (Wildman–Crippen LogP) is 0.977. The standard InChI is InChI=1S/C14H19N3O4/c18-13(19)10-21-12-5-2-1-4-11(12)16-14(20)17-8-3-6-15-7-9-17/h1-2,4-5,15H,3,6-10H2,(H,16,20)(H,18,19). The van der Waals surface area contributed by atoms with E-state index in [1.54, 1.807) is 29.2 Å². The van der Waals surface area contributed by atoms with Crippen LogP contribution in [0, 0.1) is 0 Å². The Morgan fingerprint density at radius 1 is 1.29 bits per heavy atom. The summed E-state index contributed by atoms with van der Waals surface area (Å²) in [5.41, 5.74) is 0.473. The molecular formula is C14H19N3O4. The van der Waals surface area contributed by atoms with Gasteiger partial charge < -0.3 is 25.4 Å². The molecule has 0 unspecified atom stereocenters. The van der Waals surface area contributed by atoms with Crippen molar-refractivity contribution >= 4 is 17.7 Å². The van der Waals surface area contributed by atoms with Gasteiger partial charge >= 0.3 is 12.0 Å². The molecule has 3 N–H and O–H groups in total. The van der Waals surface area contributed by atoms with Crippen LogP contribution in [0.25, 0.3) is 0 Å². The Kier molecular flexibility index (Phi) is 5.39. The van der Waals surface area contributed by atoms with Gasteiger partial charge in [-0.3, -0.25) is 0 Å². The average molecular weight is 293 g/mol. The highest BCUT2D eigenvalue weighted by atomic mass is 16.5. The first-order chi connectivity index (χ1) is 10.2. The van der Waals surface area contributed by atoms with Crippen molar-refractivity contribution in [1.82, 2.24) is 10.2 Å². The summed E-state index contributed by atoms with van der Waals surface area (Å²) in [7, 11) is 0. The summed E-state index contributed by atoms with van der Waals surface area (Å²) < 4.78 is 5.17. The van der Waals surface area contributed by atoms with E-state index in [-0.39, 0.29) is 6.03 Å². The molecular weight excluding hydrogens is 274 g/mol. The number of nitrogens with one attached hydrogen (secondary N) is 2. The lowest BCUT2D eigenvalue weighted by Gasteiger charge is -2.21. The third-order valence-electron chi connectivity index (χ3n) is 3.11. The summed E-state index contributed by atoms with van der Waals surface area (Å²) >= 11 is 0. The number of para-hydroxylation sites is 2. The molecule has 0 spiro atoms. The number of nitrogens with zero attached hydrogens (tertiary/aromatic N) is 1. The van der Waals surface area contributed by atoms with Crippen LogP contribution in [0.1, 0.15) is 6.42 Å². The van der Waals surface area contributed by atoms with Gasteiger partial charge in [0, 0.05) is 19.6 Å². The zero-order valence-electron chi connectivity index (χ0n) is 11.7. The number of rotatable bonds is 4. The van der Waals surface area contributed by atoms with Gasteiger partial charge in [0.05, 0.1) is 5.69 Å². The maximum Gasteiger partial charge on any atom is 0.341 e. The van der Waals surface area contributed by atoms with Crippen LogP contribution in [0.3, 0.4) is 0 Å². The lowest BCUT2D eigenvalue weighted by Crippen LogP contribution is -2.37. The van der Waals surface area contributed by atoms with Crippen molar-refractivity contribution in [2.75, 3.05) is 38.1 Å². The van der Waals surface area contributed by atoms with Crippen molar-refractivity contribution < 1.29 is 19.4 Å². The molecule has 0 radical (unpaired) electrons. The lowest BCUT2D eigenvalue weighted by molar-refractivity contribution is -0.139. The van der Waals surface area contributed by atoms with E-state index >= 15 is 0 Å². The highest BCUT2D eigenvalue weighted by molar-refractivity contribution is 5.91. The Morgan fingerprint density at radius 3 is 2.90 bits per heavy atom. The molecule has 2 rings (SSSR count). The largest absolute Gasteiger partial charge is 0.480 e. The summed E-state index contributed by atoms with van der Waals surface area (Å²) in [6, 6.07) is 6.59. The normalized spacial score (nSPS) is 15.1. The Labute approximate surface area is 122 Å². The lowest BCUT2D eigenvalue weighted by atomic mass is 10.3. The molecule has 1 aliphatic rings. The van der Waals surface area contributed by atoms with Crippen LogP contribution in [0.5, 0.6) is 5.75 Å². The van der Waals surface area contributed by atoms with Crippen molar-refractivity contribution in [2.45, 2.75) is 6.42 Å². The molecule has 2 amide bonds. The minimum Gasteiger partial charge on any atom is -0.480 e. The number of ether oxygens (including phenoxy) is 1. The van der Waals surface area contributed by atoms with Gasteiger partial charge in [0.2, 0.25) is 0 Å². The monoisotopic (exact) mass is 293 g/mol. The van der Waals surface area contributed by atoms with Crippen molar-refractivity contribution in [3.05, 3.63) is 24.3 Å². The van der Waals surface area contributed by atoms with Crippen molar-refractivity contribution in [3.8, 4) is 5.75 Å². The summed E-state index contributed by atoms with van der Waals surface area (Å²) in [6.45, 7) is 2.56. The zero-order valence-corrected chi connectivity index (χ0v) is 11.7. The molecule has 0 aliphatic carbocycles. The second kappa shape index (κ2) is 7.49. The number of aliphatic carboxylic acids is 1. The molecule has 1 saturated heterocycles. The topological polar surface area (TPSA) is 90.9 Å². The molecule has 7 heteroatoms. The Hall–Kier alpha value is -2.28. The van der Waals surface area contributed by atoms with E-state index in [0.29, 0.717) is 24.5 Å². The van der Waals surface area contributed by atoms with Crippen LogP contribution >= 0.6 is 0 Å². The quantitative estimate of drug-likeness (QED) is 0.769. The number of carbonyl (C=O) groups excluding carboxylic acids is 1. The Balaban J connectivity index is 2.00. The van der Waals surface area contributed by atoms with E-state index in [1.165, 1.54) is 0 Å². The molecule has 1 fully saturated rings. The number of hydrogen-bond donors (Lipinski definition) is 3. The highest BCUT2D eigenvalue weighted by Gasteiger charge is 2.16. The average Bonchev–Trinajstić information content (AvgIpc) is 2.75. The number of urea groups is 1. The van der Waals surface area contributed by atoms with E-state index in [0.717, 1.165) is 19.5 Å². The number of carboxylic acid groups (broad SMARTS) is 1. The van der Waals surface area contributed by atoms with Gasteiger partial charge in [-0.15, -0.1) is 0 Å². The smallest absolute Gasteiger partial charge is 0.341 e. The summed E-state index contributed by atoms with van der Waals surface area (Å²) in [6.07, 6.45) is 0.907. The van der Waals surface area contributed by atoms with Crippen molar-refractivity contribution in [1.29, 1.82) is 0 Å². The molecule has 1 heterocycles. The summed E-state index contributed by atoms with van der Waals surface area (Å²) in [5.74, 6) is -0.712. The first-order valence-corrected chi connectivity index (χ1v) is 6.87. The number of carboxylic acids is 1. The van der Waals surface area contributed by atoms with Gasteiger partial charge in [-0.1, -0.05) is 12.1 Å². The van der Waals surface area contributed by atoms with E-state index in [9.17, 15) is 9.59 Å². The van der Waals surface area contributed by atoms with Crippen molar-refractivity contribution in [2.24, 2.45) is 0 Å². The minimum atomic E-state index is -1.06. The van der Waals surface area contributed by atoms with Crippen LogP contribution < -0.4 is 15.4 Å². The second-order valence-corrected chi connectivity index (χ2v) is 4.70. The molecule has 0 saturated carbocycles. The summed E-state index contributed by atoms with van der Waals surface area (Å²) in [5, 5.41) is 14.7. The molecule has 21 heavy (non-hydrogen) atoms. The maximum atomic E-state index is 12.2. The molecule has 1 aromatic rings. The second-order valence-electron chi connectivity index (χ2n) is 4.70. The Bertz CT molecular complexity index is 499. The van der Waals surface area contributed by atoms with Crippen LogP contribution in [-0.2, 0) is 4.79 Å². The number of amides is 2. The van der Waals surface area contributed by atoms with Gasteiger partial charge in [-0.05, 0) is 25.1 Å². The molecule has 0 aromatic heterocycles. The van der Waals surface area contributed by atoms with Gasteiger partial charge in [0.15, 0.2) is 6.61 Å². The number of hydrogen-bond acceptors (Lipinski definition) is 4. The van der Waals surface area contributed by atoms with Crippen LogP contribution in [0.2, 0.25) is 0 Å². The van der Waals surface area contributed by atoms with Crippen LogP contribution in [0.15, 0.2) is 24.3 Å². The van der Waals surface area contributed by atoms with E-state index in [1.807, 2.05) is 0 Å². The van der Waals surface area contributed by atoms with Gasteiger partial charge in [0.1, 0.15) is 5.75 Å². The molecule has 0 bridgehead atoms. The first kappa shape index (κ1) is 15.1. The van der Waals surface area contributed by atoms with Gasteiger partial charge in [-0.25, -0.2) is 9.59 Å². The van der Waals surface area contributed by atoms with Gasteiger partial charge in [0.25, 0.3) is 0 Å². The predicted molar refractivity (Wildman–Crippen MR) is 77.7 cm³/mol. The molecule has 1 aliphatic heterocycles. The maximum absolute atomic E-state index is 12.2. The number of benzene rings is 1. The van der Waals surface area contributed by atoms with Crippen LogP contribution in [0.4, 0.5) is 10.5 Å². The molecule has 1 aromatic carbocycles. The fourth-order valence-electron chi connectivity index (χ4n) is 2.08.